The third-order valence-electron chi connectivity index (χ3n) is 4.13. The highest BCUT2D eigenvalue weighted by atomic mass is 32.1. The molecule has 1 fully saturated rings. The van der Waals surface area contributed by atoms with Gasteiger partial charge in [0.1, 0.15) is 5.41 Å². The Morgan fingerprint density at radius 1 is 1.53 bits per heavy atom. The van der Waals surface area contributed by atoms with Gasteiger partial charge in [0.05, 0.1) is 5.69 Å². The lowest BCUT2D eigenvalue weighted by molar-refractivity contribution is -0.142. The van der Waals surface area contributed by atoms with E-state index in [4.69, 9.17) is 0 Å². The minimum Gasteiger partial charge on any atom is -0.481 e. The van der Waals surface area contributed by atoms with E-state index in [2.05, 4.69) is 16.8 Å². The van der Waals surface area contributed by atoms with E-state index < -0.39 is 11.4 Å². The summed E-state index contributed by atoms with van der Waals surface area (Å²) in [6.07, 6.45) is 3.68. The Bertz CT molecular complexity index is 448. The average molecular weight is 282 g/mol. The van der Waals surface area contributed by atoms with Crippen molar-refractivity contribution in [1.29, 1.82) is 0 Å². The van der Waals surface area contributed by atoms with Crippen molar-refractivity contribution in [3.8, 4) is 0 Å². The number of nitrogens with zero attached hydrogens (tertiary/aromatic N) is 2. The number of hydrogen-bond acceptors (Lipinski definition) is 4. The van der Waals surface area contributed by atoms with Gasteiger partial charge in [-0.3, -0.25) is 4.79 Å². The molecule has 0 saturated carbocycles. The molecule has 1 saturated heterocycles. The molecule has 0 atom stereocenters. The first-order valence-corrected chi connectivity index (χ1v) is 7.77. The monoisotopic (exact) mass is 282 g/mol. The SMILES string of the molecule is CCC1CCN(c2nc(C(C)(C)C(=O)O)cs2)CC1. The number of carboxylic acid groups (broad SMARTS) is 1. The summed E-state index contributed by atoms with van der Waals surface area (Å²) in [5, 5.41) is 12.1. The predicted octanol–water partition coefficient (Wildman–Crippen LogP) is 3.13. The Kier molecular flexibility index (Phi) is 4.13. The molecule has 2 heterocycles. The van der Waals surface area contributed by atoms with Gasteiger partial charge in [0.15, 0.2) is 5.13 Å². The second-order valence-electron chi connectivity index (χ2n) is 5.78. The molecule has 0 aromatic carbocycles. The number of anilines is 1. The van der Waals surface area contributed by atoms with Crippen LogP contribution in [0.2, 0.25) is 0 Å². The molecule has 0 amide bonds. The summed E-state index contributed by atoms with van der Waals surface area (Å²) in [6.45, 7) is 7.74. The van der Waals surface area contributed by atoms with Crippen LogP contribution in [0.5, 0.6) is 0 Å². The zero-order chi connectivity index (χ0) is 14.0. The van der Waals surface area contributed by atoms with Gasteiger partial charge in [0.25, 0.3) is 0 Å². The summed E-state index contributed by atoms with van der Waals surface area (Å²) in [5.74, 6) is 0.0141. The van der Waals surface area contributed by atoms with Gasteiger partial charge in [-0.15, -0.1) is 11.3 Å². The standard InChI is InChI=1S/C14H22N2O2S/c1-4-10-5-7-16(8-6-10)13-15-11(9-19-13)14(2,3)12(17)18/h9-10H,4-8H2,1-3H3,(H,17,18). The lowest BCUT2D eigenvalue weighted by atomic mass is 9.90. The van der Waals surface area contributed by atoms with Crippen molar-refractivity contribution in [2.24, 2.45) is 5.92 Å². The lowest BCUT2D eigenvalue weighted by Crippen LogP contribution is -2.34. The van der Waals surface area contributed by atoms with Gasteiger partial charge in [-0.05, 0) is 32.6 Å². The first kappa shape index (κ1) is 14.3. The highest BCUT2D eigenvalue weighted by Gasteiger charge is 2.33. The highest BCUT2D eigenvalue weighted by molar-refractivity contribution is 7.13. The third kappa shape index (κ3) is 2.91. The van der Waals surface area contributed by atoms with Crippen LogP contribution in [0.1, 0.15) is 45.7 Å². The topological polar surface area (TPSA) is 53.4 Å². The van der Waals surface area contributed by atoms with E-state index >= 15 is 0 Å². The zero-order valence-corrected chi connectivity index (χ0v) is 12.7. The Labute approximate surface area is 118 Å². The molecule has 2 rings (SSSR count). The van der Waals surface area contributed by atoms with Crippen LogP contribution in [-0.4, -0.2) is 29.1 Å². The van der Waals surface area contributed by atoms with Gasteiger partial charge < -0.3 is 10.0 Å². The van der Waals surface area contributed by atoms with Crippen molar-refractivity contribution in [3.63, 3.8) is 0 Å². The van der Waals surface area contributed by atoms with Crippen LogP contribution in [0.25, 0.3) is 0 Å². The molecule has 1 aliphatic rings. The molecule has 1 aliphatic heterocycles. The Morgan fingerprint density at radius 2 is 2.16 bits per heavy atom. The third-order valence-corrected chi connectivity index (χ3v) is 5.03. The molecule has 1 aromatic heterocycles. The van der Waals surface area contributed by atoms with Crippen LogP contribution in [0, 0.1) is 5.92 Å². The number of aromatic nitrogens is 1. The molecule has 1 aromatic rings. The number of carbonyl (C=O) groups is 1. The first-order valence-electron chi connectivity index (χ1n) is 6.89. The van der Waals surface area contributed by atoms with E-state index in [1.807, 2.05) is 5.38 Å². The predicted molar refractivity (Wildman–Crippen MR) is 78.0 cm³/mol. The van der Waals surface area contributed by atoms with E-state index in [-0.39, 0.29) is 0 Å². The first-order chi connectivity index (χ1) is 8.95. The number of hydrogen-bond donors (Lipinski definition) is 1. The molecule has 19 heavy (non-hydrogen) atoms. The van der Waals surface area contributed by atoms with Crippen molar-refractivity contribution in [3.05, 3.63) is 11.1 Å². The summed E-state index contributed by atoms with van der Waals surface area (Å²) < 4.78 is 0. The lowest BCUT2D eigenvalue weighted by Gasteiger charge is -2.31. The molecule has 0 spiro atoms. The van der Waals surface area contributed by atoms with E-state index in [0.717, 1.165) is 24.1 Å². The van der Waals surface area contributed by atoms with Gasteiger partial charge in [-0.25, -0.2) is 4.98 Å². The molecule has 106 valence electrons. The van der Waals surface area contributed by atoms with Gasteiger partial charge in [0.2, 0.25) is 0 Å². The molecule has 0 radical (unpaired) electrons. The molecular formula is C14H22N2O2S. The zero-order valence-electron chi connectivity index (χ0n) is 11.8. The maximum Gasteiger partial charge on any atom is 0.315 e. The summed E-state index contributed by atoms with van der Waals surface area (Å²) in [5.41, 5.74) is -0.242. The van der Waals surface area contributed by atoms with Crippen LogP contribution in [-0.2, 0) is 10.2 Å². The van der Waals surface area contributed by atoms with Crippen LogP contribution in [0.3, 0.4) is 0 Å². The Balaban J connectivity index is 2.08. The summed E-state index contributed by atoms with van der Waals surface area (Å²) in [7, 11) is 0. The van der Waals surface area contributed by atoms with E-state index in [9.17, 15) is 9.90 Å². The maximum atomic E-state index is 11.2. The summed E-state index contributed by atoms with van der Waals surface area (Å²) in [6, 6.07) is 0. The maximum absolute atomic E-state index is 11.2. The number of aliphatic carboxylic acids is 1. The van der Waals surface area contributed by atoms with E-state index in [0.29, 0.717) is 5.69 Å². The minimum absolute atomic E-state index is 0.664. The fourth-order valence-corrected chi connectivity index (χ4v) is 3.39. The fourth-order valence-electron chi connectivity index (χ4n) is 2.34. The van der Waals surface area contributed by atoms with E-state index in [1.165, 1.54) is 19.3 Å². The van der Waals surface area contributed by atoms with Crippen molar-refractivity contribution in [2.75, 3.05) is 18.0 Å². The van der Waals surface area contributed by atoms with Crippen LogP contribution in [0.4, 0.5) is 5.13 Å². The largest absolute Gasteiger partial charge is 0.481 e. The second kappa shape index (κ2) is 5.49. The molecular weight excluding hydrogens is 260 g/mol. The van der Waals surface area contributed by atoms with Crippen molar-refractivity contribution < 1.29 is 9.90 Å². The molecule has 0 aliphatic carbocycles. The second-order valence-corrected chi connectivity index (χ2v) is 6.62. The average Bonchev–Trinajstić information content (AvgIpc) is 2.89. The van der Waals surface area contributed by atoms with Gasteiger partial charge in [-0.2, -0.15) is 0 Å². The smallest absolute Gasteiger partial charge is 0.315 e. The van der Waals surface area contributed by atoms with Gasteiger partial charge >= 0.3 is 5.97 Å². The Morgan fingerprint density at radius 3 is 2.68 bits per heavy atom. The molecule has 4 nitrogen and oxygen atoms in total. The van der Waals surface area contributed by atoms with Gasteiger partial charge in [-0.1, -0.05) is 13.3 Å². The normalized spacial score (nSPS) is 17.7. The van der Waals surface area contributed by atoms with Crippen molar-refractivity contribution in [2.45, 2.75) is 45.4 Å². The number of carboxylic acids is 1. The Hall–Kier alpha value is -1.10. The number of rotatable bonds is 4. The molecule has 5 heteroatoms. The minimum atomic E-state index is -0.906. The summed E-state index contributed by atoms with van der Waals surface area (Å²) >= 11 is 1.56. The quantitative estimate of drug-likeness (QED) is 0.922. The van der Waals surface area contributed by atoms with E-state index in [1.54, 1.807) is 25.2 Å². The number of piperidine rings is 1. The molecule has 0 unspecified atom stereocenters. The summed E-state index contributed by atoms with van der Waals surface area (Å²) in [4.78, 5) is 18.1. The van der Waals surface area contributed by atoms with Crippen LogP contribution < -0.4 is 4.90 Å². The van der Waals surface area contributed by atoms with Crippen molar-refractivity contribution >= 4 is 22.4 Å². The van der Waals surface area contributed by atoms with Crippen LogP contribution >= 0.6 is 11.3 Å². The molecule has 1 N–H and O–H groups in total. The number of thiazole rings is 1. The molecule has 0 bridgehead atoms. The highest BCUT2D eigenvalue weighted by Crippen LogP contribution is 2.31. The van der Waals surface area contributed by atoms with Gasteiger partial charge in [0, 0.05) is 18.5 Å². The fraction of sp³-hybridized carbons (Fsp3) is 0.714. The van der Waals surface area contributed by atoms with Crippen molar-refractivity contribution in [1.82, 2.24) is 4.98 Å². The van der Waals surface area contributed by atoms with Crippen LogP contribution in [0.15, 0.2) is 5.38 Å².